The van der Waals surface area contributed by atoms with Crippen LogP contribution in [0.25, 0.3) is 12.2 Å². The first-order valence-corrected chi connectivity index (χ1v) is 6.42. The van der Waals surface area contributed by atoms with Crippen LogP contribution in [0.2, 0.25) is 4.34 Å². The van der Waals surface area contributed by atoms with Crippen molar-refractivity contribution in [2.75, 3.05) is 0 Å². The first-order chi connectivity index (χ1) is 7.24. The van der Waals surface area contributed by atoms with Crippen LogP contribution in [0.4, 0.5) is 0 Å². The molecule has 0 saturated carbocycles. The Hall–Kier alpha value is -0.570. The Kier molecular flexibility index (Phi) is 3.62. The highest BCUT2D eigenvalue weighted by Crippen LogP contribution is 2.23. The number of benzene rings is 1. The molecule has 0 aliphatic rings. The zero-order chi connectivity index (χ0) is 10.7. The lowest BCUT2D eigenvalue weighted by atomic mass is 10.2. The molecule has 0 atom stereocenters. The van der Waals surface area contributed by atoms with Crippen molar-refractivity contribution in [3.05, 3.63) is 55.6 Å². The van der Waals surface area contributed by atoms with Crippen LogP contribution in [0.3, 0.4) is 0 Å². The number of hydrogen-bond donors (Lipinski definition) is 0. The molecule has 0 nitrogen and oxygen atoms in total. The highest BCUT2D eigenvalue weighted by molar-refractivity contribution is 9.10. The first kappa shape index (κ1) is 10.9. The molecule has 0 aliphatic heterocycles. The largest absolute Gasteiger partial charge is 0.124 e. The Morgan fingerprint density at radius 1 is 1.00 bits per heavy atom. The van der Waals surface area contributed by atoms with Crippen LogP contribution in [0, 0.1) is 0 Å². The lowest BCUT2D eigenvalue weighted by Crippen LogP contribution is -1.69. The van der Waals surface area contributed by atoms with Crippen LogP contribution < -0.4 is 0 Å². The molecular weight excluding hydrogens is 292 g/mol. The topological polar surface area (TPSA) is 0 Å². The molecule has 15 heavy (non-hydrogen) atoms. The third kappa shape index (κ3) is 3.20. The van der Waals surface area contributed by atoms with Crippen molar-refractivity contribution >= 4 is 51.0 Å². The Morgan fingerprint density at radius 3 is 2.33 bits per heavy atom. The third-order valence-corrected chi connectivity index (χ3v) is 3.63. The summed E-state index contributed by atoms with van der Waals surface area (Å²) in [6.45, 7) is 0. The van der Waals surface area contributed by atoms with E-state index in [0.717, 1.165) is 8.81 Å². The van der Waals surface area contributed by atoms with Gasteiger partial charge in [-0.2, -0.15) is 0 Å². The van der Waals surface area contributed by atoms with Crippen molar-refractivity contribution in [2.24, 2.45) is 0 Å². The predicted molar refractivity (Wildman–Crippen MR) is 72.4 cm³/mol. The molecule has 0 aliphatic carbocycles. The maximum atomic E-state index is 5.84. The molecule has 2 aromatic rings. The van der Waals surface area contributed by atoms with Crippen LogP contribution >= 0.6 is 38.9 Å². The van der Waals surface area contributed by atoms with Crippen LogP contribution in [0.1, 0.15) is 10.4 Å². The molecular formula is C12H8BrClS. The van der Waals surface area contributed by atoms with E-state index >= 15 is 0 Å². The van der Waals surface area contributed by atoms with Gasteiger partial charge in [0.15, 0.2) is 0 Å². The van der Waals surface area contributed by atoms with Gasteiger partial charge in [0.25, 0.3) is 0 Å². The van der Waals surface area contributed by atoms with Crippen LogP contribution in [-0.4, -0.2) is 0 Å². The fraction of sp³-hybridized carbons (Fsp3) is 0. The van der Waals surface area contributed by atoms with Gasteiger partial charge in [-0.3, -0.25) is 0 Å². The minimum absolute atomic E-state index is 0.824. The molecule has 2 rings (SSSR count). The van der Waals surface area contributed by atoms with Gasteiger partial charge < -0.3 is 0 Å². The van der Waals surface area contributed by atoms with E-state index < -0.39 is 0 Å². The van der Waals surface area contributed by atoms with Gasteiger partial charge in [0, 0.05) is 9.35 Å². The Bertz CT molecular complexity index is 471. The van der Waals surface area contributed by atoms with Crippen molar-refractivity contribution < 1.29 is 0 Å². The molecule has 1 aromatic carbocycles. The number of thiophene rings is 1. The van der Waals surface area contributed by atoms with E-state index in [0.29, 0.717) is 0 Å². The second kappa shape index (κ2) is 4.97. The van der Waals surface area contributed by atoms with E-state index in [1.165, 1.54) is 10.4 Å². The summed E-state index contributed by atoms with van der Waals surface area (Å²) in [5, 5.41) is 0. The van der Waals surface area contributed by atoms with Gasteiger partial charge in [0.05, 0.1) is 4.34 Å². The second-order valence-electron chi connectivity index (χ2n) is 3.03. The average molecular weight is 300 g/mol. The predicted octanol–water partition coefficient (Wildman–Crippen LogP) is 5.33. The number of hydrogen-bond acceptors (Lipinski definition) is 1. The lowest BCUT2D eigenvalue weighted by Gasteiger charge is -1.92. The van der Waals surface area contributed by atoms with Crippen LogP contribution in [0.15, 0.2) is 40.9 Å². The van der Waals surface area contributed by atoms with Gasteiger partial charge in [0.2, 0.25) is 0 Å². The molecule has 0 fully saturated rings. The van der Waals surface area contributed by atoms with E-state index in [2.05, 4.69) is 40.2 Å². The normalized spacial score (nSPS) is 11.1. The Morgan fingerprint density at radius 2 is 1.73 bits per heavy atom. The van der Waals surface area contributed by atoms with Crippen molar-refractivity contribution in [3.63, 3.8) is 0 Å². The summed E-state index contributed by atoms with van der Waals surface area (Å²) >= 11 is 10.8. The first-order valence-electron chi connectivity index (χ1n) is 4.43. The van der Waals surface area contributed by atoms with E-state index in [1.54, 1.807) is 11.3 Å². The maximum absolute atomic E-state index is 5.84. The maximum Gasteiger partial charge on any atom is 0.0934 e. The second-order valence-corrected chi connectivity index (χ2v) is 5.69. The molecule has 3 heteroatoms. The van der Waals surface area contributed by atoms with E-state index in [4.69, 9.17) is 11.6 Å². The Labute approximate surface area is 106 Å². The molecule has 0 amide bonds. The molecule has 0 unspecified atom stereocenters. The van der Waals surface area contributed by atoms with E-state index in [-0.39, 0.29) is 0 Å². The lowest BCUT2D eigenvalue weighted by molar-refractivity contribution is 1.62. The summed E-state index contributed by atoms with van der Waals surface area (Å²) in [5.74, 6) is 0. The van der Waals surface area contributed by atoms with Crippen molar-refractivity contribution in [1.82, 2.24) is 0 Å². The molecule has 1 heterocycles. The molecule has 0 bridgehead atoms. The summed E-state index contributed by atoms with van der Waals surface area (Å²) in [7, 11) is 0. The standard InChI is InChI=1S/C12H8BrClS/c13-10-4-1-9(2-5-10)3-6-11-7-8-12(14)15-11/h1-8H/b6-3+. The van der Waals surface area contributed by atoms with Crippen molar-refractivity contribution in [1.29, 1.82) is 0 Å². The smallest absolute Gasteiger partial charge is 0.0934 e. The summed E-state index contributed by atoms with van der Waals surface area (Å²) in [6, 6.07) is 12.1. The zero-order valence-corrected chi connectivity index (χ0v) is 10.9. The fourth-order valence-corrected chi connectivity index (χ4v) is 2.40. The fourth-order valence-electron chi connectivity index (χ4n) is 1.17. The van der Waals surface area contributed by atoms with E-state index in [1.807, 2.05) is 24.3 Å². The molecule has 0 saturated heterocycles. The minimum atomic E-state index is 0.824. The molecule has 76 valence electrons. The molecule has 0 radical (unpaired) electrons. The van der Waals surface area contributed by atoms with Crippen molar-refractivity contribution in [2.45, 2.75) is 0 Å². The van der Waals surface area contributed by atoms with Crippen LogP contribution in [0.5, 0.6) is 0 Å². The highest BCUT2D eigenvalue weighted by Gasteiger charge is 1.93. The SMILES string of the molecule is Clc1ccc(/C=C/c2ccc(Br)cc2)s1. The summed E-state index contributed by atoms with van der Waals surface area (Å²) in [5.41, 5.74) is 1.18. The van der Waals surface area contributed by atoms with Gasteiger partial charge in [-0.1, -0.05) is 45.7 Å². The quantitative estimate of drug-likeness (QED) is 0.702. The highest BCUT2D eigenvalue weighted by atomic mass is 79.9. The van der Waals surface area contributed by atoms with Crippen LogP contribution in [-0.2, 0) is 0 Å². The monoisotopic (exact) mass is 298 g/mol. The number of halogens is 2. The third-order valence-electron chi connectivity index (χ3n) is 1.90. The Balaban J connectivity index is 2.14. The van der Waals surface area contributed by atoms with Crippen molar-refractivity contribution in [3.8, 4) is 0 Å². The van der Waals surface area contributed by atoms with Gasteiger partial charge in [-0.15, -0.1) is 11.3 Å². The minimum Gasteiger partial charge on any atom is -0.124 e. The van der Waals surface area contributed by atoms with Gasteiger partial charge in [0.1, 0.15) is 0 Å². The zero-order valence-electron chi connectivity index (χ0n) is 7.78. The van der Waals surface area contributed by atoms with Gasteiger partial charge in [-0.05, 0) is 35.9 Å². The van der Waals surface area contributed by atoms with Gasteiger partial charge in [-0.25, -0.2) is 0 Å². The van der Waals surface area contributed by atoms with E-state index in [9.17, 15) is 0 Å². The molecule has 0 spiro atoms. The molecule has 1 aromatic heterocycles. The summed E-state index contributed by atoms with van der Waals surface area (Å²) in [4.78, 5) is 1.17. The number of rotatable bonds is 2. The molecule has 0 N–H and O–H groups in total. The summed E-state index contributed by atoms with van der Waals surface area (Å²) in [6.07, 6.45) is 4.15. The average Bonchev–Trinajstić information content (AvgIpc) is 2.64. The van der Waals surface area contributed by atoms with Gasteiger partial charge >= 0.3 is 0 Å². The summed E-state index contributed by atoms with van der Waals surface area (Å²) < 4.78 is 1.92.